The predicted octanol–water partition coefficient (Wildman–Crippen LogP) is 0.722. The van der Waals surface area contributed by atoms with Gasteiger partial charge in [-0.05, 0) is 25.9 Å². The van der Waals surface area contributed by atoms with E-state index in [1.165, 1.54) is 19.4 Å². The molecule has 16 heavy (non-hydrogen) atoms. The van der Waals surface area contributed by atoms with Crippen LogP contribution in [0.25, 0.3) is 0 Å². The topological polar surface area (TPSA) is 33.7 Å². The fraction of sp³-hybridized carbons (Fsp3) is 1.00. The van der Waals surface area contributed by atoms with E-state index in [2.05, 4.69) is 17.1 Å². The lowest BCUT2D eigenvalue weighted by Crippen LogP contribution is -2.37. The van der Waals surface area contributed by atoms with E-state index >= 15 is 0 Å². The van der Waals surface area contributed by atoms with E-state index in [4.69, 9.17) is 9.47 Å². The van der Waals surface area contributed by atoms with Crippen LogP contribution in [0.5, 0.6) is 0 Å². The quantitative estimate of drug-likeness (QED) is 0.666. The van der Waals surface area contributed by atoms with Gasteiger partial charge in [-0.2, -0.15) is 0 Å². The molecule has 96 valence electrons. The number of hydrogen-bond donors (Lipinski definition) is 1. The summed E-state index contributed by atoms with van der Waals surface area (Å²) in [6.45, 7) is 7.31. The second kappa shape index (κ2) is 8.01. The highest BCUT2D eigenvalue weighted by atomic mass is 16.5. The summed E-state index contributed by atoms with van der Waals surface area (Å²) in [4.78, 5) is 2.46. The minimum atomic E-state index is 0.204. The Balaban J connectivity index is 2.19. The van der Waals surface area contributed by atoms with Crippen LogP contribution in [-0.2, 0) is 9.47 Å². The van der Waals surface area contributed by atoms with Crippen LogP contribution in [0.1, 0.15) is 19.8 Å². The largest absolute Gasteiger partial charge is 0.382 e. The molecule has 4 heteroatoms. The van der Waals surface area contributed by atoms with E-state index in [0.717, 1.165) is 19.6 Å². The molecule has 0 aliphatic carbocycles. The van der Waals surface area contributed by atoms with E-state index in [0.29, 0.717) is 12.6 Å². The fourth-order valence-corrected chi connectivity index (χ4v) is 2.18. The third-order valence-electron chi connectivity index (χ3n) is 3.10. The Hall–Kier alpha value is -0.160. The van der Waals surface area contributed by atoms with Gasteiger partial charge in [0.15, 0.2) is 0 Å². The van der Waals surface area contributed by atoms with Crippen molar-refractivity contribution in [3.8, 4) is 0 Å². The molecule has 2 atom stereocenters. The zero-order valence-electron chi connectivity index (χ0n) is 10.9. The molecule has 1 saturated heterocycles. The normalized spacial score (nSPS) is 23.8. The molecule has 0 aromatic carbocycles. The van der Waals surface area contributed by atoms with Gasteiger partial charge in [0.1, 0.15) is 0 Å². The van der Waals surface area contributed by atoms with Crippen molar-refractivity contribution >= 4 is 0 Å². The standard InChI is InChI=1S/C12H26N2O2/c1-4-6-13-11-5-7-14(8-11)9-12(16-3)10-15-2/h11-13H,4-10H2,1-3H3. The molecule has 0 radical (unpaired) electrons. The maximum atomic E-state index is 5.38. The summed E-state index contributed by atoms with van der Waals surface area (Å²) in [6.07, 6.45) is 2.67. The van der Waals surface area contributed by atoms with Crippen molar-refractivity contribution in [2.75, 3.05) is 47.0 Å². The van der Waals surface area contributed by atoms with Crippen LogP contribution in [0, 0.1) is 0 Å². The lowest BCUT2D eigenvalue weighted by molar-refractivity contribution is 0.00975. The highest BCUT2D eigenvalue weighted by molar-refractivity contribution is 4.82. The van der Waals surface area contributed by atoms with Gasteiger partial charge in [-0.25, -0.2) is 0 Å². The van der Waals surface area contributed by atoms with Crippen molar-refractivity contribution in [1.29, 1.82) is 0 Å². The van der Waals surface area contributed by atoms with Crippen molar-refractivity contribution in [2.45, 2.75) is 31.9 Å². The molecule has 1 heterocycles. The molecule has 1 aliphatic rings. The maximum Gasteiger partial charge on any atom is 0.0931 e. The first-order chi connectivity index (χ1) is 7.80. The molecule has 2 unspecified atom stereocenters. The van der Waals surface area contributed by atoms with E-state index in [1.807, 2.05) is 0 Å². The zero-order chi connectivity index (χ0) is 11.8. The molecule has 1 rings (SSSR count). The van der Waals surface area contributed by atoms with Crippen molar-refractivity contribution in [1.82, 2.24) is 10.2 Å². The van der Waals surface area contributed by atoms with Gasteiger partial charge in [-0.15, -0.1) is 0 Å². The lowest BCUT2D eigenvalue weighted by atomic mass is 10.2. The molecule has 0 bridgehead atoms. The monoisotopic (exact) mass is 230 g/mol. The number of likely N-dealkylation sites (tertiary alicyclic amines) is 1. The predicted molar refractivity (Wildman–Crippen MR) is 65.8 cm³/mol. The van der Waals surface area contributed by atoms with Gasteiger partial charge < -0.3 is 14.8 Å². The van der Waals surface area contributed by atoms with Gasteiger partial charge in [0.2, 0.25) is 0 Å². The van der Waals surface area contributed by atoms with Crippen molar-refractivity contribution in [2.24, 2.45) is 0 Å². The summed E-state index contributed by atoms with van der Waals surface area (Å²) >= 11 is 0. The SMILES string of the molecule is CCCNC1CCN(CC(COC)OC)C1. The molecule has 1 aliphatic heterocycles. The summed E-state index contributed by atoms with van der Waals surface area (Å²) in [5.41, 5.74) is 0. The molecule has 0 amide bonds. The molecule has 4 nitrogen and oxygen atoms in total. The molecular formula is C12H26N2O2. The Kier molecular flexibility index (Phi) is 6.96. The van der Waals surface area contributed by atoms with E-state index in [-0.39, 0.29) is 6.10 Å². The first-order valence-corrected chi connectivity index (χ1v) is 6.27. The Morgan fingerprint density at radius 2 is 2.25 bits per heavy atom. The molecule has 1 fully saturated rings. The lowest BCUT2D eigenvalue weighted by Gasteiger charge is -2.22. The minimum absolute atomic E-state index is 0.204. The Bertz CT molecular complexity index is 178. The van der Waals surface area contributed by atoms with E-state index in [1.54, 1.807) is 14.2 Å². The van der Waals surface area contributed by atoms with Crippen LogP contribution < -0.4 is 5.32 Å². The van der Waals surface area contributed by atoms with Gasteiger partial charge >= 0.3 is 0 Å². The third kappa shape index (κ3) is 4.78. The van der Waals surface area contributed by atoms with Gasteiger partial charge in [-0.3, -0.25) is 4.90 Å². The number of nitrogens with one attached hydrogen (secondary N) is 1. The summed E-state index contributed by atoms with van der Waals surface area (Å²) in [5.74, 6) is 0. The summed E-state index contributed by atoms with van der Waals surface area (Å²) in [5, 5.41) is 3.57. The first-order valence-electron chi connectivity index (χ1n) is 6.27. The van der Waals surface area contributed by atoms with Crippen LogP contribution in [0.2, 0.25) is 0 Å². The highest BCUT2D eigenvalue weighted by Gasteiger charge is 2.23. The van der Waals surface area contributed by atoms with Crippen LogP contribution in [0.4, 0.5) is 0 Å². The molecule has 0 spiro atoms. The number of hydrogen-bond acceptors (Lipinski definition) is 4. The van der Waals surface area contributed by atoms with Gasteiger partial charge in [-0.1, -0.05) is 6.92 Å². The highest BCUT2D eigenvalue weighted by Crippen LogP contribution is 2.10. The Morgan fingerprint density at radius 3 is 2.88 bits per heavy atom. The molecular weight excluding hydrogens is 204 g/mol. The third-order valence-corrected chi connectivity index (χ3v) is 3.10. The average Bonchev–Trinajstić information content (AvgIpc) is 2.73. The second-order valence-electron chi connectivity index (χ2n) is 4.51. The van der Waals surface area contributed by atoms with Crippen molar-refractivity contribution in [3.63, 3.8) is 0 Å². The summed E-state index contributed by atoms with van der Waals surface area (Å²) in [7, 11) is 3.48. The van der Waals surface area contributed by atoms with Crippen molar-refractivity contribution in [3.05, 3.63) is 0 Å². The first kappa shape index (κ1) is 13.9. The van der Waals surface area contributed by atoms with Crippen molar-refractivity contribution < 1.29 is 9.47 Å². The zero-order valence-corrected chi connectivity index (χ0v) is 10.9. The minimum Gasteiger partial charge on any atom is -0.382 e. The number of methoxy groups -OCH3 is 2. The number of ether oxygens (including phenoxy) is 2. The van der Waals surface area contributed by atoms with Crippen LogP contribution in [-0.4, -0.2) is 64.1 Å². The van der Waals surface area contributed by atoms with Crippen LogP contribution in [0.3, 0.4) is 0 Å². The number of nitrogens with zero attached hydrogens (tertiary/aromatic N) is 1. The fourth-order valence-electron chi connectivity index (χ4n) is 2.18. The van der Waals surface area contributed by atoms with Crippen LogP contribution in [0.15, 0.2) is 0 Å². The average molecular weight is 230 g/mol. The summed E-state index contributed by atoms with van der Waals surface area (Å²) in [6, 6.07) is 0.667. The second-order valence-corrected chi connectivity index (χ2v) is 4.51. The maximum absolute atomic E-state index is 5.38. The molecule has 0 aromatic rings. The molecule has 0 aromatic heterocycles. The van der Waals surface area contributed by atoms with E-state index in [9.17, 15) is 0 Å². The summed E-state index contributed by atoms with van der Waals surface area (Å²) < 4.78 is 10.5. The van der Waals surface area contributed by atoms with Gasteiger partial charge in [0.25, 0.3) is 0 Å². The Labute approximate surface area is 99.3 Å². The molecule has 1 N–H and O–H groups in total. The molecule has 0 saturated carbocycles. The Morgan fingerprint density at radius 1 is 1.44 bits per heavy atom. The van der Waals surface area contributed by atoms with Crippen LogP contribution >= 0.6 is 0 Å². The van der Waals surface area contributed by atoms with Gasteiger partial charge in [0, 0.05) is 33.4 Å². The number of rotatable bonds is 8. The van der Waals surface area contributed by atoms with Gasteiger partial charge in [0.05, 0.1) is 12.7 Å². The smallest absolute Gasteiger partial charge is 0.0931 e. The van der Waals surface area contributed by atoms with E-state index < -0.39 is 0 Å².